The zero-order chi connectivity index (χ0) is 21.6. The van der Waals surface area contributed by atoms with E-state index in [4.69, 9.17) is 4.74 Å². The first-order valence-corrected chi connectivity index (χ1v) is 9.01. The highest BCUT2D eigenvalue weighted by Crippen LogP contribution is 2.24. The van der Waals surface area contributed by atoms with E-state index in [1.165, 1.54) is 11.6 Å². The summed E-state index contributed by atoms with van der Waals surface area (Å²) in [5, 5.41) is 13.7. The summed E-state index contributed by atoms with van der Waals surface area (Å²) in [6.07, 6.45) is 0. The lowest BCUT2D eigenvalue weighted by Crippen LogP contribution is -2.28. The number of carbonyl (C=O) groups excluding carboxylic acids is 2. The number of nitrogens with one attached hydrogen (secondary N) is 1. The van der Waals surface area contributed by atoms with Crippen molar-refractivity contribution in [2.45, 2.75) is 26.2 Å². The topological polar surface area (TPSA) is 108 Å². The lowest BCUT2D eigenvalue weighted by Gasteiger charge is -2.19. The molecule has 0 unspecified atom stereocenters. The summed E-state index contributed by atoms with van der Waals surface area (Å²) in [5.74, 6) is -0.633. The Bertz CT molecular complexity index is 900. The molecule has 0 spiro atoms. The van der Waals surface area contributed by atoms with E-state index in [0.29, 0.717) is 5.75 Å². The predicted octanol–water partition coefficient (Wildman–Crippen LogP) is 3.49. The Morgan fingerprint density at radius 1 is 1.07 bits per heavy atom. The van der Waals surface area contributed by atoms with Gasteiger partial charge in [0.05, 0.1) is 24.1 Å². The van der Waals surface area contributed by atoms with Gasteiger partial charge < -0.3 is 14.8 Å². The van der Waals surface area contributed by atoms with Crippen molar-refractivity contribution in [2.75, 3.05) is 20.3 Å². The number of nitro benzene ring substituents is 1. The summed E-state index contributed by atoms with van der Waals surface area (Å²) in [7, 11) is 1.16. The van der Waals surface area contributed by atoms with E-state index in [-0.39, 0.29) is 35.4 Å². The van der Waals surface area contributed by atoms with Crippen molar-refractivity contribution in [1.29, 1.82) is 0 Å². The first-order valence-electron chi connectivity index (χ1n) is 9.01. The fourth-order valence-corrected chi connectivity index (χ4v) is 2.57. The summed E-state index contributed by atoms with van der Waals surface area (Å²) in [6, 6.07) is 11.1. The lowest BCUT2D eigenvalue weighted by molar-refractivity contribution is -0.384. The van der Waals surface area contributed by atoms with Crippen LogP contribution in [-0.4, -0.2) is 37.1 Å². The molecule has 2 aromatic carbocycles. The van der Waals surface area contributed by atoms with Crippen LogP contribution in [0, 0.1) is 10.1 Å². The third-order valence-corrected chi connectivity index (χ3v) is 4.19. The molecular weight excluding hydrogens is 376 g/mol. The number of amides is 1. The van der Waals surface area contributed by atoms with Gasteiger partial charge in [0.2, 0.25) is 0 Å². The second-order valence-corrected chi connectivity index (χ2v) is 7.40. The molecule has 0 radical (unpaired) electrons. The first kappa shape index (κ1) is 21.9. The smallest absolute Gasteiger partial charge is 0.338 e. The van der Waals surface area contributed by atoms with Crippen molar-refractivity contribution in [2.24, 2.45) is 0 Å². The first-order chi connectivity index (χ1) is 13.6. The molecule has 0 saturated carbocycles. The van der Waals surface area contributed by atoms with Crippen LogP contribution >= 0.6 is 0 Å². The molecule has 0 atom stereocenters. The number of nitro groups is 1. The van der Waals surface area contributed by atoms with Crippen molar-refractivity contribution in [3.63, 3.8) is 0 Å². The second-order valence-electron chi connectivity index (χ2n) is 7.40. The maximum absolute atomic E-state index is 12.3. The van der Waals surface area contributed by atoms with Crippen LogP contribution in [0.25, 0.3) is 0 Å². The van der Waals surface area contributed by atoms with Crippen LogP contribution in [0.3, 0.4) is 0 Å². The molecule has 8 heteroatoms. The normalized spacial score (nSPS) is 10.9. The minimum absolute atomic E-state index is 0.00544. The highest BCUT2D eigenvalue weighted by Gasteiger charge is 2.18. The summed E-state index contributed by atoms with van der Waals surface area (Å²) >= 11 is 0. The van der Waals surface area contributed by atoms with E-state index in [1.54, 1.807) is 0 Å². The van der Waals surface area contributed by atoms with Gasteiger partial charge in [-0.25, -0.2) is 4.79 Å². The molecular formula is C21H24N2O6. The standard InChI is InChI=1S/C21H24N2O6/c1-21(2,3)16-5-7-18(8-6-16)29-10-9-22-19(24)14-11-15(20(25)28-4)13-17(12-14)23(26)27/h5-8,11-13H,9-10H2,1-4H3,(H,22,24). The fourth-order valence-electron chi connectivity index (χ4n) is 2.57. The molecule has 0 aliphatic carbocycles. The van der Waals surface area contributed by atoms with Crippen molar-refractivity contribution >= 4 is 17.6 Å². The van der Waals surface area contributed by atoms with Gasteiger partial charge in [0, 0.05) is 17.7 Å². The quantitative estimate of drug-likeness (QED) is 0.330. The largest absolute Gasteiger partial charge is 0.492 e. The Labute approximate surface area is 169 Å². The van der Waals surface area contributed by atoms with Crippen LogP contribution in [0.2, 0.25) is 0 Å². The molecule has 1 N–H and O–H groups in total. The highest BCUT2D eigenvalue weighted by molar-refractivity contribution is 5.98. The van der Waals surface area contributed by atoms with Gasteiger partial charge in [0.25, 0.3) is 11.6 Å². The molecule has 2 aromatic rings. The molecule has 29 heavy (non-hydrogen) atoms. The van der Waals surface area contributed by atoms with Crippen molar-refractivity contribution in [3.05, 3.63) is 69.3 Å². The molecule has 0 aliphatic rings. The SMILES string of the molecule is COC(=O)c1cc(C(=O)NCCOc2ccc(C(C)(C)C)cc2)cc([N+](=O)[O-])c1. The van der Waals surface area contributed by atoms with Gasteiger partial charge >= 0.3 is 5.97 Å². The number of hydrogen-bond donors (Lipinski definition) is 1. The molecule has 154 valence electrons. The second kappa shape index (κ2) is 9.18. The Morgan fingerprint density at radius 2 is 1.69 bits per heavy atom. The summed E-state index contributed by atoms with van der Waals surface area (Å²) in [6.45, 7) is 6.78. The Hall–Kier alpha value is -3.42. The zero-order valence-electron chi connectivity index (χ0n) is 16.9. The van der Waals surface area contributed by atoms with E-state index in [0.717, 1.165) is 19.2 Å². The van der Waals surface area contributed by atoms with Crippen LogP contribution in [0.1, 0.15) is 47.1 Å². The third-order valence-electron chi connectivity index (χ3n) is 4.19. The molecule has 0 heterocycles. The van der Waals surface area contributed by atoms with Crippen LogP contribution in [0.5, 0.6) is 5.75 Å². The zero-order valence-corrected chi connectivity index (χ0v) is 16.9. The molecule has 0 bridgehead atoms. The van der Waals surface area contributed by atoms with Gasteiger partial charge in [0.1, 0.15) is 12.4 Å². The van der Waals surface area contributed by atoms with E-state index >= 15 is 0 Å². The van der Waals surface area contributed by atoms with E-state index in [1.807, 2.05) is 24.3 Å². The van der Waals surface area contributed by atoms with Crippen molar-refractivity contribution in [1.82, 2.24) is 5.32 Å². The van der Waals surface area contributed by atoms with Gasteiger partial charge in [0.15, 0.2) is 0 Å². The van der Waals surface area contributed by atoms with Crippen LogP contribution in [0.15, 0.2) is 42.5 Å². The van der Waals surface area contributed by atoms with Gasteiger partial charge in [-0.05, 0) is 29.2 Å². The third kappa shape index (κ3) is 6.03. The number of carbonyl (C=O) groups is 2. The van der Waals surface area contributed by atoms with E-state index < -0.39 is 16.8 Å². The number of nitrogens with zero attached hydrogens (tertiary/aromatic N) is 1. The van der Waals surface area contributed by atoms with Crippen LogP contribution < -0.4 is 10.1 Å². The molecule has 1 amide bonds. The number of rotatable bonds is 7. The van der Waals surface area contributed by atoms with Gasteiger partial charge in [-0.3, -0.25) is 14.9 Å². The molecule has 0 aromatic heterocycles. The minimum atomic E-state index is -0.759. The monoisotopic (exact) mass is 400 g/mol. The number of esters is 1. The minimum Gasteiger partial charge on any atom is -0.492 e. The average molecular weight is 400 g/mol. The average Bonchev–Trinajstić information content (AvgIpc) is 2.69. The highest BCUT2D eigenvalue weighted by atomic mass is 16.6. The number of ether oxygens (including phenoxy) is 2. The number of non-ortho nitro benzene ring substituents is 1. The van der Waals surface area contributed by atoms with Gasteiger partial charge in [-0.2, -0.15) is 0 Å². The predicted molar refractivity (Wildman–Crippen MR) is 107 cm³/mol. The lowest BCUT2D eigenvalue weighted by atomic mass is 9.87. The van der Waals surface area contributed by atoms with Crippen molar-refractivity contribution < 1.29 is 24.0 Å². The Balaban J connectivity index is 1.96. The van der Waals surface area contributed by atoms with Gasteiger partial charge in [-0.15, -0.1) is 0 Å². The van der Waals surface area contributed by atoms with E-state index in [2.05, 4.69) is 30.8 Å². The maximum atomic E-state index is 12.3. The molecule has 0 fully saturated rings. The fraction of sp³-hybridized carbons (Fsp3) is 0.333. The molecule has 0 aliphatic heterocycles. The summed E-state index contributed by atoms with van der Waals surface area (Å²) in [4.78, 5) is 34.3. The molecule has 2 rings (SSSR count). The molecule has 8 nitrogen and oxygen atoms in total. The van der Waals surface area contributed by atoms with Gasteiger partial charge in [-0.1, -0.05) is 32.9 Å². The number of benzene rings is 2. The number of hydrogen-bond acceptors (Lipinski definition) is 6. The van der Waals surface area contributed by atoms with Crippen molar-refractivity contribution in [3.8, 4) is 5.75 Å². The molecule has 0 saturated heterocycles. The van der Waals surface area contributed by atoms with Crippen LogP contribution in [-0.2, 0) is 10.2 Å². The number of methoxy groups -OCH3 is 1. The Kier molecular flexibility index (Phi) is 6.93. The summed E-state index contributed by atoms with van der Waals surface area (Å²) in [5.41, 5.74) is 0.794. The van der Waals surface area contributed by atoms with Crippen LogP contribution in [0.4, 0.5) is 5.69 Å². The Morgan fingerprint density at radius 3 is 2.24 bits per heavy atom. The summed E-state index contributed by atoms with van der Waals surface area (Å²) < 4.78 is 10.2. The maximum Gasteiger partial charge on any atom is 0.338 e. The van der Waals surface area contributed by atoms with E-state index in [9.17, 15) is 19.7 Å².